The summed E-state index contributed by atoms with van der Waals surface area (Å²) in [7, 11) is 2.20. The Morgan fingerprint density at radius 3 is 2.47 bits per heavy atom. The van der Waals surface area contributed by atoms with Gasteiger partial charge < -0.3 is 4.90 Å². The molecule has 15 heavy (non-hydrogen) atoms. The third kappa shape index (κ3) is 2.29. The Morgan fingerprint density at radius 1 is 1.33 bits per heavy atom. The van der Waals surface area contributed by atoms with Crippen LogP contribution >= 0.6 is 0 Å². The lowest BCUT2D eigenvalue weighted by atomic mass is 9.96. The molecule has 0 radical (unpaired) electrons. The second-order valence-corrected chi connectivity index (χ2v) is 4.65. The highest BCUT2D eigenvalue weighted by Crippen LogP contribution is 2.27. The lowest BCUT2D eigenvalue weighted by Crippen LogP contribution is -2.13. The van der Waals surface area contributed by atoms with E-state index in [1.165, 1.54) is 30.6 Å². The molecule has 1 atom stereocenters. The number of likely N-dealkylation sites (N-methyl/N-ethyl adjacent to an activating group) is 1. The van der Waals surface area contributed by atoms with Gasteiger partial charge in [0, 0.05) is 6.54 Å². The molecule has 0 aliphatic carbocycles. The molecule has 1 aliphatic rings. The molecule has 80 valence electrons. The predicted octanol–water partition coefficient (Wildman–Crippen LogP) is 3.14. The van der Waals surface area contributed by atoms with Crippen molar-refractivity contribution in [2.75, 3.05) is 20.1 Å². The number of nitrogens with zero attached hydrogens (tertiary/aromatic N) is 1. The van der Waals surface area contributed by atoms with Crippen molar-refractivity contribution in [3.8, 4) is 0 Å². The summed E-state index contributed by atoms with van der Waals surface area (Å²) in [6.07, 6.45) is 1.29. The summed E-state index contributed by atoms with van der Waals surface area (Å²) in [6.45, 7) is 8.44. The van der Waals surface area contributed by atoms with E-state index in [1.807, 2.05) is 0 Å². The fourth-order valence-electron chi connectivity index (χ4n) is 2.25. The molecular weight excluding hydrogens is 182 g/mol. The third-order valence-electron chi connectivity index (χ3n) is 3.27. The number of rotatable bonds is 2. The minimum absolute atomic E-state index is 0.731. The number of hydrogen-bond acceptors (Lipinski definition) is 1. The molecule has 0 aromatic heterocycles. The van der Waals surface area contributed by atoms with Gasteiger partial charge in [0.2, 0.25) is 0 Å². The SMILES string of the molecule is C=C(C)c1ccc(C2CCN(C)C2)cc1. The Hall–Kier alpha value is -1.08. The zero-order valence-corrected chi connectivity index (χ0v) is 9.66. The van der Waals surface area contributed by atoms with Crippen LogP contribution in [-0.4, -0.2) is 25.0 Å². The Bertz CT molecular complexity index is 350. The van der Waals surface area contributed by atoms with Crippen molar-refractivity contribution in [3.05, 3.63) is 42.0 Å². The van der Waals surface area contributed by atoms with Crippen molar-refractivity contribution < 1.29 is 0 Å². The van der Waals surface area contributed by atoms with E-state index in [0.717, 1.165) is 11.5 Å². The Kier molecular flexibility index (Phi) is 2.92. The van der Waals surface area contributed by atoms with Crippen LogP contribution in [0.25, 0.3) is 5.57 Å². The molecule has 1 aromatic rings. The highest BCUT2D eigenvalue weighted by Gasteiger charge is 2.20. The fraction of sp³-hybridized carbons (Fsp3) is 0.429. The highest BCUT2D eigenvalue weighted by molar-refractivity contribution is 5.61. The van der Waals surface area contributed by atoms with Gasteiger partial charge in [-0.05, 0) is 44.0 Å². The summed E-state index contributed by atoms with van der Waals surface area (Å²) < 4.78 is 0. The summed E-state index contributed by atoms with van der Waals surface area (Å²) in [6, 6.07) is 8.90. The molecule has 0 amide bonds. The van der Waals surface area contributed by atoms with E-state index >= 15 is 0 Å². The lowest BCUT2D eigenvalue weighted by Gasteiger charge is -2.11. The van der Waals surface area contributed by atoms with E-state index in [4.69, 9.17) is 0 Å². The molecule has 1 aliphatic heterocycles. The molecule has 1 saturated heterocycles. The van der Waals surface area contributed by atoms with Gasteiger partial charge in [0.1, 0.15) is 0 Å². The van der Waals surface area contributed by atoms with Gasteiger partial charge in [-0.1, -0.05) is 36.4 Å². The smallest absolute Gasteiger partial charge is 0.00477 e. The quantitative estimate of drug-likeness (QED) is 0.710. The van der Waals surface area contributed by atoms with Gasteiger partial charge in [-0.25, -0.2) is 0 Å². The molecule has 2 rings (SSSR count). The van der Waals surface area contributed by atoms with Gasteiger partial charge in [0.05, 0.1) is 0 Å². The van der Waals surface area contributed by atoms with E-state index in [1.54, 1.807) is 0 Å². The number of benzene rings is 1. The molecule has 1 unspecified atom stereocenters. The van der Waals surface area contributed by atoms with Gasteiger partial charge in [-0.15, -0.1) is 0 Å². The first-order valence-electron chi connectivity index (χ1n) is 5.61. The Labute approximate surface area is 92.4 Å². The van der Waals surface area contributed by atoms with Crippen LogP contribution in [0.1, 0.15) is 30.4 Å². The maximum absolute atomic E-state index is 3.96. The van der Waals surface area contributed by atoms with Gasteiger partial charge >= 0.3 is 0 Å². The third-order valence-corrected chi connectivity index (χ3v) is 3.27. The van der Waals surface area contributed by atoms with Crippen LogP contribution in [0.3, 0.4) is 0 Å². The van der Waals surface area contributed by atoms with Crippen molar-refractivity contribution in [2.45, 2.75) is 19.3 Å². The molecule has 0 bridgehead atoms. The van der Waals surface area contributed by atoms with Crippen molar-refractivity contribution in [2.24, 2.45) is 0 Å². The largest absolute Gasteiger partial charge is 0.306 e. The first-order chi connectivity index (χ1) is 7.16. The van der Waals surface area contributed by atoms with Gasteiger partial charge in [-0.3, -0.25) is 0 Å². The van der Waals surface area contributed by atoms with Crippen LogP contribution in [0.15, 0.2) is 30.8 Å². The molecule has 1 heteroatoms. The predicted molar refractivity (Wildman–Crippen MR) is 66.0 cm³/mol. The summed E-state index contributed by atoms with van der Waals surface area (Å²) in [5, 5.41) is 0. The molecule has 1 fully saturated rings. The second-order valence-electron chi connectivity index (χ2n) is 4.65. The van der Waals surface area contributed by atoms with E-state index in [2.05, 4.69) is 49.7 Å². The lowest BCUT2D eigenvalue weighted by molar-refractivity contribution is 0.411. The topological polar surface area (TPSA) is 3.24 Å². The van der Waals surface area contributed by atoms with Crippen LogP contribution < -0.4 is 0 Å². The minimum Gasteiger partial charge on any atom is -0.306 e. The average Bonchev–Trinajstić information content (AvgIpc) is 2.65. The molecule has 0 spiro atoms. The van der Waals surface area contributed by atoms with Crippen LogP contribution in [0, 0.1) is 0 Å². The van der Waals surface area contributed by atoms with E-state index < -0.39 is 0 Å². The first kappa shape index (κ1) is 10.4. The number of allylic oxidation sites excluding steroid dienone is 1. The van der Waals surface area contributed by atoms with Crippen LogP contribution in [0.4, 0.5) is 0 Å². The van der Waals surface area contributed by atoms with E-state index in [0.29, 0.717) is 0 Å². The molecule has 0 N–H and O–H groups in total. The van der Waals surface area contributed by atoms with E-state index in [9.17, 15) is 0 Å². The van der Waals surface area contributed by atoms with Crippen LogP contribution in [0.5, 0.6) is 0 Å². The Balaban J connectivity index is 2.13. The second kappa shape index (κ2) is 4.19. The minimum atomic E-state index is 0.731. The summed E-state index contributed by atoms with van der Waals surface area (Å²) >= 11 is 0. The maximum atomic E-state index is 3.96. The molecule has 1 nitrogen and oxygen atoms in total. The number of likely N-dealkylation sites (tertiary alicyclic amines) is 1. The Morgan fingerprint density at radius 2 is 2.00 bits per heavy atom. The fourth-order valence-corrected chi connectivity index (χ4v) is 2.25. The molecule has 0 saturated carbocycles. The first-order valence-corrected chi connectivity index (χ1v) is 5.61. The molecule has 1 heterocycles. The normalized spacial score (nSPS) is 21.9. The number of hydrogen-bond donors (Lipinski definition) is 0. The summed E-state index contributed by atoms with van der Waals surface area (Å²) in [5.74, 6) is 0.731. The van der Waals surface area contributed by atoms with Crippen molar-refractivity contribution in [3.63, 3.8) is 0 Å². The standard InChI is InChI=1S/C14H19N/c1-11(2)12-4-6-13(7-5-12)14-8-9-15(3)10-14/h4-7,14H,1,8-10H2,2-3H3. The zero-order chi connectivity index (χ0) is 10.8. The highest BCUT2D eigenvalue weighted by atomic mass is 15.1. The maximum Gasteiger partial charge on any atom is 0.00477 e. The van der Waals surface area contributed by atoms with Crippen molar-refractivity contribution in [1.82, 2.24) is 4.90 Å². The zero-order valence-electron chi connectivity index (χ0n) is 9.66. The van der Waals surface area contributed by atoms with Gasteiger partial charge in [-0.2, -0.15) is 0 Å². The van der Waals surface area contributed by atoms with Crippen molar-refractivity contribution in [1.29, 1.82) is 0 Å². The monoisotopic (exact) mass is 201 g/mol. The molecule has 1 aromatic carbocycles. The van der Waals surface area contributed by atoms with Crippen LogP contribution in [0.2, 0.25) is 0 Å². The average molecular weight is 201 g/mol. The van der Waals surface area contributed by atoms with Gasteiger partial charge in [0.15, 0.2) is 0 Å². The van der Waals surface area contributed by atoms with Gasteiger partial charge in [0.25, 0.3) is 0 Å². The van der Waals surface area contributed by atoms with E-state index in [-0.39, 0.29) is 0 Å². The van der Waals surface area contributed by atoms with Crippen molar-refractivity contribution >= 4 is 5.57 Å². The van der Waals surface area contributed by atoms with Crippen LogP contribution in [-0.2, 0) is 0 Å². The summed E-state index contributed by atoms with van der Waals surface area (Å²) in [4.78, 5) is 2.40. The summed E-state index contributed by atoms with van der Waals surface area (Å²) in [5.41, 5.74) is 3.87. The molecular formula is C14H19N.